The standard InChI is InChI=1S/C7H5ClF2INO/c8-4-1-3(2-13)7(11)12-5(4)6(9)10/h1,6,13H,2H2. The number of pyridine rings is 1. The van der Waals surface area contributed by atoms with E-state index in [9.17, 15) is 8.78 Å². The lowest BCUT2D eigenvalue weighted by molar-refractivity contribution is 0.146. The summed E-state index contributed by atoms with van der Waals surface area (Å²) >= 11 is 7.29. The summed E-state index contributed by atoms with van der Waals surface area (Å²) in [5.41, 5.74) is 0.0123. The highest BCUT2D eigenvalue weighted by Gasteiger charge is 2.16. The zero-order chi connectivity index (χ0) is 10.0. The predicted molar refractivity (Wildman–Crippen MR) is 52.8 cm³/mol. The molecule has 2 nitrogen and oxygen atoms in total. The van der Waals surface area contributed by atoms with Gasteiger partial charge in [-0.25, -0.2) is 13.8 Å². The normalized spacial score (nSPS) is 10.9. The van der Waals surface area contributed by atoms with Gasteiger partial charge < -0.3 is 5.11 Å². The van der Waals surface area contributed by atoms with Gasteiger partial charge in [0.25, 0.3) is 6.43 Å². The third-order valence-corrected chi connectivity index (χ3v) is 2.64. The second kappa shape index (κ2) is 4.47. The van der Waals surface area contributed by atoms with Crippen molar-refractivity contribution in [3.63, 3.8) is 0 Å². The second-order valence-corrected chi connectivity index (χ2v) is 3.69. The summed E-state index contributed by atoms with van der Waals surface area (Å²) in [6.07, 6.45) is -2.69. The van der Waals surface area contributed by atoms with Gasteiger partial charge in [0, 0.05) is 5.56 Å². The fraction of sp³-hybridized carbons (Fsp3) is 0.286. The summed E-state index contributed by atoms with van der Waals surface area (Å²) in [4.78, 5) is 3.59. The molecule has 72 valence electrons. The van der Waals surface area contributed by atoms with Crippen molar-refractivity contribution in [3.8, 4) is 0 Å². The van der Waals surface area contributed by atoms with Crippen LogP contribution in [0.25, 0.3) is 0 Å². The molecule has 1 aromatic rings. The molecule has 0 aliphatic rings. The van der Waals surface area contributed by atoms with Crippen LogP contribution in [0.1, 0.15) is 17.7 Å². The summed E-state index contributed by atoms with van der Waals surface area (Å²) in [6.45, 7) is -0.255. The van der Waals surface area contributed by atoms with Crippen molar-refractivity contribution in [3.05, 3.63) is 26.0 Å². The highest BCUT2D eigenvalue weighted by atomic mass is 127. The van der Waals surface area contributed by atoms with Gasteiger partial charge in [-0.2, -0.15) is 0 Å². The predicted octanol–water partition coefficient (Wildman–Crippen LogP) is 2.77. The Kier molecular flexibility index (Phi) is 3.81. The van der Waals surface area contributed by atoms with E-state index in [1.54, 1.807) is 22.6 Å². The lowest BCUT2D eigenvalue weighted by atomic mass is 10.2. The van der Waals surface area contributed by atoms with Gasteiger partial charge in [0.2, 0.25) is 0 Å². The van der Waals surface area contributed by atoms with Crippen LogP contribution in [0.15, 0.2) is 6.07 Å². The molecule has 0 spiro atoms. The monoisotopic (exact) mass is 319 g/mol. The van der Waals surface area contributed by atoms with Gasteiger partial charge in [-0.3, -0.25) is 0 Å². The van der Waals surface area contributed by atoms with Crippen molar-refractivity contribution in [2.24, 2.45) is 0 Å². The van der Waals surface area contributed by atoms with E-state index >= 15 is 0 Å². The van der Waals surface area contributed by atoms with Crippen molar-refractivity contribution >= 4 is 34.2 Å². The van der Waals surface area contributed by atoms with Crippen molar-refractivity contribution in [1.82, 2.24) is 4.98 Å². The molecule has 1 aromatic heterocycles. The highest BCUT2D eigenvalue weighted by Crippen LogP contribution is 2.27. The fourth-order valence-electron chi connectivity index (χ4n) is 0.781. The van der Waals surface area contributed by atoms with Crippen molar-refractivity contribution in [1.29, 1.82) is 0 Å². The Morgan fingerprint density at radius 2 is 2.23 bits per heavy atom. The van der Waals surface area contributed by atoms with Gasteiger partial charge in [-0.1, -0.05) is 11.6 Å². The number of hydrogen-bond acceptors (Lipinski definition) is 2. The van der Waals surface area contributed by atoms with Crippen LogP contribution < -0.4 is 0 Å². The molecule has 0 radical (unpaired) electrons. The molecule has 1 heterocycles. The molecule has 0 aromatic carbocycles. The number of hydrogen-bond donors (Lipinski definition) is 1. The molecule has 1 N–H and O–H groups in total. The number of aliphatic hydroxyl groups excluding tert-OH is 1. The molecule has 0 saturated carbocycles. The molecule has 13 heavy (non-hydrogen) atoms. The van der Waals surface area contributed by atoms with Crippen molar-refractivity contribution < 1.29 is 13.9 Å². The van der Waals surface area contributed by atoms with E-state index in [2.05, 4.69) is 4.98 Å². The Hall–Kier alpha value is -0.0100. The average molecular weight is 319 g/mol. The third kappa shape index (κ3) is 2.47. The lowest BCUT2D eigenvalue weighted by Gasteiger charge is -2.05. The van der Waals surface area contributed by atoms with Gasteiger partial charge in [0.15, 0.2) is 0 Å². The van der Waals surface area contributed by atoms with E-state index in [1.807, 2.05) is 0 Å². The average Bonchev–Trinajstić information content (AvgIpc) is 2.07. The highest BCUT2D eigenvalue weighted by molar-refractivity contribution is 14.1. The zero-order valence-corrected chi connectivity index (χ0v) is 9.18. The molecule has 0 bridgehead atoms. The van der Waals surface area contributed by atoms with Crippen LogP contribution >= 0.6 is 34.2 Å². The Morgan fingerprint density at radius 3 is 2.69 bits per heavy atom. The summed E-state index contributed by atoms with van der Waals surface area (Å²) in [7, 11) is 0. The summed E-state index contributed by atoms with van der Waals surface area (Å²) in [5, 5.41) is 8.67. The second-order valence-electron chi connectivity index (χ2n) is 2.26. The maximum absolute atomic E-state index is 12.2. The van der Waals surface area contributed by atoms with Crippen LogP contribution in [0, 0.1) is 3.70 Å². The smallest absolute Gasteiger partial charge is 0.281 e. The largest absolute Gasteiger partial charge is 0.392 e. The third-order valence-electron chi connectivity index (χ3n) is 1.41. The van der Waals surface area contributed by atoms with E-state index in [1.165, 1.54) is 6.07 Å². The van der Waals surface area contributed by atoms with Gasteiger partial charge in [-0.05, 0) is 28.7 Å². The first-order valence-corrected chi connectivity index (χ1v) is 4.75. The van der Waals surface area contributed by atoms with Crippen LogP contribution in [-0.2, 0) is 6.61 Å². The molecule has 0 saturated heterocycles. The first kappa shape index (κ1) is 11.1. The minimum Gasteiger partial charge on any atom is -0.392 e. The topological polar surface area (TPSA) is 33.1 Å². The summed E-state index contributed by atoms with van der Waals surface area (Å²) < 4.78 is 24.8. The molecule has 1 rings (SSSR count). The summed E-state index contributed by atoms with van der Waals surface area (Å²) in [6, 6.07) is 1.30. The Morgan fingerprint density at radius 1 is 1.62 bits per heavy atom. The van der Waals surface area contributed by atoms with E-state index < -0.39 is 12.1 Å². The molecule has 0 fully saturated rings. The first-order chi connectivity index (χ1) is 6.06. The van der Waals surface area contributed by atoms with Crippen LogP contribution in [0.4, 0.5) is 8.78 Å². The molecule has 6 heteroatoms. The first-order valence-electron chi connectivity index (χ1n) is 3.30. The zero-order valence-electron chi connectivity index (χ0n) is 6.27. The minimum absolute atomic E-state index is 0.112. The molecule has 0 aliphatic carbocycles. The quantitative estimate of drug-likeness (QED) is 0.672. The van der Waals surface area contributed by atoms with Gasteiger partial charge in [0.05, 0.1) is 11.6 Å². The van der Waals surface area contributed by atoms with Crippen molar-refractivity contribution in [2.45, 2.75) is 13.0 Å². The fourth-order valence-corrected chi connectivity index (χ4v) is 1.62. The molecule has 0 amide bonds. The van der Waals surface area contributed by atoms with E-state index in [-0.39, 0.29) is 11.6 Å². The number of nitrogens with zero attached hydrogens (tertiary/aromatic N) is 1. The van der Waals surface area contributed by atoms with Crippen LogP contribution in [0.2, 0.25) is 5.02 Å². The van der Waals surface area contributed by atoms with E-state index in [4.69, 9.17) is 16.7 Å². The van der Waals surface area contributed by atoms with Crippen LogP contribution in [0.5, 0.6) is 0 Å². The van der Waals surface area contributed by atoms with E-state index in [0.29, 0.717) is 9.26 Å². The molecule has 0 atom stereocenters. The maximum Gasteiger partial charge on any atom is 0.281 e. The minimum atomic E-state index is -2.69. The molecular weight excluding hydrogens is 314 g/mol. The SMILES string of the molecule is OCc1cc(Cl)c(C(F)F)nc1I. The van der Waals surface area contributed by atoms with Crippen molar-refractivity contribution in [2.75, 3.05) is 0 Å². The number of alkyl halides is 2. The molecular formula is C7H5ClF2INO. The number of aromatic nitrogens is 1. The van der Waals surface area contributed by atoms with Crippen LogP contribution in [-0.4, -0.2) is 10.1 Å². The van der Waals surface area contributed by atoms with Gasteiger partial charge >= 0.3 is 0 Å². The Balaban J connectivity index is 3.20. The van der Waals surface area contributed by atoms with Gasteiger partial charge in [-0.15, -0.1) is 0 Å². The van der Waals surface area contributed by atoms with E-state index in [0.717, 1.165) is 0 Å². The number of halogens is 4. The maximum atomic E-state index is 12.2. The molecule has 0 aliphatic heterocycles. The summed E-state index contributed by atoms with van der Waals surface area (Å²) in [5.74, 6) is 0. The number of aliphatic hydroxyl groups is 1. The number of rotatable bonds is 2. The Labute approximate surface area is 92.1 Å². The van der Waals surface area contributed by atoms with Crippen LogP contribution in [0.3, 0.4) is 0 Å². The van der Waals surface area contributed by atoms with Gasteiger partial charge in [0.1, 0.15) is 9.39 Å². The Bertz CT molecular complexity index is 322. The lowest BCUT2D eigenvalue weighted by Crippen LogP contribution is -1.99. The molecule has 0 unspecified atom stereocenters.